The van der Waals surface area contributed by atoms with E-state index in [2.05, 4.69) is 36.1 Å². The van der Waals surface area contributed by atoms with Gasteiger partial charge in [0.25, 0.3) is 0 Å². The molecule has 1 amide bonds. The smallest absolute Gasteiger partial charge is 0.239 e. The maximum absolute atomic E-state index is 11.8. The molecule has 1 aromatic carbocycles. The molecule has 0 radical (unpaired) electrons. The third kappa shape index (κ3) is 3.55. The Balaban J connectivity index is 1.87. The number of nitrogens with zero attached hydrogens (tertiary/aromatic N) is 2. The van der Waals surface area contributed by atoms with E-state index in [9.17, 15) is 4.79 Å². The van der Waals surface area contributed by atoms with Crippen molar-refractivity contribution in [3.05, 3.63) is 35.4 Å². The minimum Gasteiger partial charge on any atom is -0.339 e. The quantitative estimate of drug-likeness (QED) is 0.882. The average molecular weight is 261 g/mol. The number of hydrogen-bond donors (Lipinski definition) is 1. The fraction of sp³-hybridized carbons (Fsp3) is 0.533. The van der Waals surface area contributed by atoms with Crippen LogP contribution in [-0.2, 0) is 11.3 Å². The molecule has 2 rings (SSSR count). The summed E-state index contributed by atoms with van der Waals surface area (Å²) in [5, 5.41) is 0. The van der Waals surface area contributed by atoms with Crippen molar-refractivity contribution in [2.45, 2.75) is 26.4 Å². The van der Waals surface area contributed by atoms with Crippen LogP contribution in [0.2, 0.25) is 0 Å². The van der Waals surface area contributed by atoms with Gasteiger partial charge in [0, 0.05) is 32.7 Å². The van der Waals surface area contributed by atoms with Crippen molar-refractivity contribution < 1.29 is 4.79 Å². The molecule has 4 nitrogen and oxygen atoms in total. The van der Waals surface area contributed by atoms with Gasteiger partial charge in [0.05, 0.1) is 6.04 Å². The molecule has 0 unspecified atom stereocenters. The van der Waals surface area contributed by atoms with Gasteiger partial charge in [0.15, 0.2) is 0 Å². The van der Waals surface area contributed by atoms with Gasteiger partial charge in [-0.3, -0.25) is 9.69 Å². The highest BCUT2D eigenvalue weighted by molar-refractivity contribution is 5.81. The van der Waals surface area contributed by atoms with Crippen molar-refractivity contribution in [2.75, 3.05) is 26.2 Å². The maximum Gasteiger partial charge on any atom is 0.239 e. The molecule has 1 saturated heterocycles. The van der Waals surface area contributed by atoms with E-state index in [1.165, 1.54) is 11.1 Å². The molecular formula is C15H23N3O. The van der Waals surface area contributed by atoms with E-state index < -0.39 is 0 Å². The number of carbonyl (C=O) groups is 1. The Labute approximate surface area is 115 Å². The normalized spacial score (nSPS) is 18.4. The summed E-state index contributed by atoms with van der Waals surface area (Å²) in [5.74, 6) is 0.0653. The molecule has 0 aliphatic carbocycles. The molecule has 0 spiro atoms. The minimum atomic E-state index is -0.386. The van der Waals surface area contributed by atoms with Crippen molar-refractivity contribution in [3.63, 3.8) is 0 Å². The van der Waals surface area contributed by atoms with Crippen LogP contribution in [0.5, 0.6) is 0 Å². The number of benzene rings is 1. The molecule has 1 fully saturated rings. The number of amides is 1. The second kappa shape index (κ2) is 6.17. The van der Waals surface area contributed by atoms with Crippen LogP contribution in [-0.4, -0.2) is 47.9 Å². The lowest BCUT2D eigenvalue weighted by molar-refractivity contribution is -0.134. The zero-order chi connectivity index (χ0) is 13.8. The molecule has 1 heterocycles. The first kappa shape index (κ1) is 14.0. The molecule has 4 heteroatoms. The summed E-state index contributed by atoms with van der Waals surface area (Å²) < 4.78 is 0. The van der Waals surface area contributed by atoms with Crippen LogP contribution < -0.4 is 5.73 Å². The third-order valence-electron chi connectivity index (χ3n) is 3.73. The van der Waals surface area contributed by atoms with Crippen molar-refractivity contribution >= 4 is 5.91 Å². The van der Waals surface area contributed by atoms with Crippen LogP contribution in [0.4, 0.5) is 0 Å². The molecule has 0 bridgehead atoms. The second-order valence-corrected chi connectivity index (χ2v) is 5.32. The molecule has 0 aromatic heterocycles. The summed E-state index contributed by atoms with van der Waals surface area (Å²) in [7, 11) is 0. The van der Waals surface area contributed by atoms with Crippen LogP contribution in [0.15, 0.2) is 24.3 Å². The fourth-order valence-electron chi connectivity index (χ4n) is 2.44. The standard InChI is InChI=1S/C15H23N3O/c1-12-5-3-4-6-14(12)11-17-7-9-18(10-8-17)15(19)13(2)16/h3-6,13H,7-11,16H2,1-2H3/t13-/m1/s1. The number of nitrogens with two attached hydrogens (primary N) is 1. The number of hydrogen-bond acceptors (Lipinski definition) is 3. The summed E-state index contributed by atoms with van der Waals surface area (Å²) in [6, 6.07) is 8.08. The molecule has 1 aliphatic rings. The van der Waals surface area contributed by atoms with Gasteiger partial charge in [0.2, 0.25) is 5.91 Å². The van der Waals surface area contributed by atoms with E-state index in [4.69, 9.17) is 5.73 Å². The topological polar surface area (TPSA) is 49.6 Å². The predicted octanol–water partition coefficient (Wildman–Crippen LogP) is 0.986. The van der Waals surface area contributed by atoms with Gasteiger partial charge in [-0.25, -0.2) is 0 Å². The third-order valence-corrected chi connectivity index (χ3v) is 3.73. The Bertz CT molecular complexity index is 437. The molecule has 2 N–H and O–H groups in total. The highest BCUT2D eigenvalue weighted by Crippen LogP contribution is 2.12. The number of aryl methyl sites for hydroxylation is 1. The zero-order valence-corrected chi connectivity index (χ0v) is 11.8. The summed E-state index contributed by atoms with van der Waals surface area (Å²) in [6.45, 7) is 8.28. The van der Waals surface area contributed by atoms with Crippen molar-refractivity contribution in [3.8, 4) is 0 Å². The molecule has 104 valence electrons. The van der Waals surface area contributed by atoms with E-state index in [0.29, 0.717) is 0 Å². The van der Waals surface area contributed by atoms with Crippen LogP contribution in [0.3, 0.4) is 0 Å². The predicted molar refractivity (Wildman–Crippen MR) is 76.7 cm³/mol. The lowest BCUT2D eigenvalue weighted by Gasteiger charge is -2.35. The molecule has 19 heavy (non-hydrogen) atoms. The first-order chi connectivity index (χ1) is 9.08. The van der Waals surface area contributed by atoms with Crippen LogP contribution in [0, 0.1) is 6.92 Å². The molecular weight excluding hydrogens is 238 g/mol. The summed E-state index contributed by atoms with van der Waals surface area (Å²) >= 11 is 0. The Morgan fingerprint density at radius 2 is 1.89 bits per heavy atom. The summed E-state index contributed by atoms with van der Waals surface area (Å²) in [4.78, 5) is 16.1. The Kier molecular flexibility index (Phi) is 4.56. The Morgan fingerprint density at radius 3 is 2.47 bits per heavy atom. The van der Waals surface area contributed by atoms with Gasteiger partial charge >= 0.3 is 0 Å². The van der Waals surface area contributed by atoms with Crippen LogP contribution in [0.1, 0.15) is 18.1 Å². The number of carbonyl (C=O) groups excluding carboxylic acids is 1. The van der Waals surface area contributed by atoms with E-state index in [0.717, 1.165) is 32.7 Å². The van der Waals surface area contributed by atoms with Gasteiger partial charge in [-0.2, -0.15) is 0 Å². The number of rotatable bonds is 3. The van der Waals surface area contributed by atoms with Gasteiger partial charge < -0.3 is 10.6 Å². The Hall–Kier alpha value is -1.39. The molecule has 1 atom stereocenters. The van der Waals surface area contributed by atoms with Crippen molar-refractivity contribution in [1.82, 2.24) is 9.80 Å². The van der Waals surface area contributed by atoms with Crippen LogP contribution >= 0.6 is 0 Å². The molecule has 1 aliphatic heterocycles. The first-order valence-electron chi connectivity index (χ1n) is 6.89. The van der Waals surface area contributed by atoms with Crippen molar-refractivity contribution in [2.24, 2.45) is 5.73 Å². The van der Waals surface area contributed by atoms with Gasteiger partial charge in [-0.15, -0.1) is 0 Å². The highest BCUT2D eigenvalue weighted by Gasteiger charge is 2.23. The SMILES string of the molecule is Cc1ccccc1CN1CCN(C(=O)[C@@H](C)N)CC1. The highest BCUT2D eigenvalue weighted by atomic mass is 16.2. The Morgan fingerprint density at radius 1 is 1.26 bits per heavy atom. The molecule has 0 saturated carbocycles. The van der Waals surface area contributed by atoms with E-state index in [1.807, 2.05) is 4.90 Å². The van der Waals surface area contributed by atoms with Gasteiger partial charge in [-0.1, -0.05) is 24.3 Å². The second-order valence-electron chi connectivity index (χ2n) is 5.32. The van der Waals surface area contributed by atoms with Gasteiger partial charge in [-0.05, 0) is 25.0 Å². The van der Waals surface area contributed by atoms with E-state index in [1.54, 1.807) is 6.92 Å². The van der Waals surface area contributed by atoms with Crippen LogP contribution in [0.25, 0.3) is 0 Å². The molecule has 1 aromatic rings. The monoisotopic (exact) mass is 261 g/mol. The number of piperazine rings is 1. The van der Waals surface area contributed by atoms with E-state index in [-0.39, 0.29) is 11.9 Å². The summed E-state index contributed by atoms with van der Waals surface area (Å²) in [5.41, 5.74) is 8.34. The van der Waals surface area contributed by atoms with E-state index >= 15 is 0 Å². The largest absolute Gasteiger partial charge is 0.339 e. The summed E-state index contributed by atoms with van der Waals surface area (Å²) in [6.07, 6.45) is 0. The fourth-order valence-corrected chi connectivity index (χ4v) is 2.44. The lowest BCUT2D eigenvalue weighted by atomic mass is 10.1. The average Bonchev–Trinajstić information content (AvgIpc) is 2.41. The maximum atomic E-state index is 11.8. The van der Waals surface area contributed by atoms with Gasteiger partial charge in [0.1, 0.15) is 0 Å². The first-order valence-corrected chi connectivity index (χ1v) is 6.89. The van der Waals surface area contributed by atoms with Crippen molar-refractivity contribution in [1.29, 1.82) is 0 Å². The minimum absolute atomic E-state index is 0.0653. The lowest BCUT2D eigenvalue weighted by Crippen LogP contribution is -2.52. The zero-order valence-electron chi connectivity index (χ0n) is 11.8.